The van der Waals surface area contributed by atoms with E-state index in [1.165, 1.54) is 38.5 Å². The minimum Gasteiger partial charge on any atom is -0.455 e. The molecule has 0 aromatic heterocycles. The minimum absolute atomic E-state index is 0.182. The highest BCUT2D eigenvalue weighted by Crippen LogP contribution is 2.29. The van der Waals surface area contributed by atoms with Crippen LogP contribution in [0, 0.1) is 0 Å². The topological polar surface area (TPSA) is 137 Å². The van der Waals surface area contributed by atoms with Crippen LogP contribution in [0.2, 0.25) is 0 Å². The number of carbonyl (C=O) groups is 1. The lowest BCUT2D eigenvalue weighted by atomic mass is 9.97. The van der Waals surface area contributed by atoms with Gasteiger partial charge in [-0.2, -0.15) is 0 Å². The van der Waals surface area contributed by atoms with Gasteiger partial charge in [0.2, 0.25) is 0 Å². The van der Waals surface area contributed by atoms with Crippen molar-refractivity contribution in [2.75, 3.05) is 0 Å². The van der Waals surface area contributed by atoms with Gasteiger partial charge in [-0.25, -0.2) is 4.79 Å². The van der Waals surface area contributed by atoms with Crippen LogP contribution in [0.4, 0.5) is 0 Å². The fraction of sp³-hybridized carbons (Fsp3) is 0.914. The van der Waals surface area contributed by atoms with Crippen LogP contribution in [0.15, 0.2) is 11.6 Å². The second-order valence-corrected chi connectivity index (χ2v) is 13.3. The van der Waals surface area contributed by atoms with E-state index >= 15 is 0 Å². The van der Waals surface area contributed by atoms with E-state index in [-0.39, 0.29) is 24.3 Å². The second kappa shape index (κ2) is 22.5. The maximum absolute atomic E-state index is 11.6. The Morgan fingerprint density at radius 3 is 1.72 bits per heavy atom. The lowest BCUT2D eigenvalue weighted by Crippen LogP contribution is -2.33. The second-order valence-electron chi connectivity index (χ2n) is 13.3. The molecule has 2 aliphatic rings. The molecule has 0 aliphatic carbocycles. The van der Waals surface area contributed by atoms with Gasteiger partial charge in [0.1, 0.15) is 6.10 Å². The third-order valence-electron chi connectivity index (χ3n) is 9.23. The van der Waals surface area contributed by atoms with E-state index in [2.05, 4.69) is 6.92 Å². The van der Waals surface area contributed by atoms with Crippen molar-refractivity contribution in [3.8, 4) is 0 Å². The molecule has 2 heterocycles. The van der Waals surface area contributed by atoms with Crippen molar-refractivity contribution in [3.05, 3.63) is 11.6 Å². The van der Waals surface area contributed by atoms with E-state index in [4.69, 9.17) is 9.47 Å². The molecular weight excluding hydrogens is 548 g/mol. The van der Waals surface area contributed by atoms with Gasteiger partial charge >= 0.3 is 5.97 Å². The summed E-state index contributed by atoms with van der Waals surface area (Å²) in [6.07, 6.45) is 18.0. The first-order valence-corrected chi connectivity index (χ1v) is 17.7. The first-order chi connectivity index (χ1) is 20.7. The lowest BCUT2D eigenvalue weighted by molar-refractivity contribution is -0.139. The van der Waals surface area contributed by atoms with Crippen molar-refractivity contribution >= 4 is 5.97 Å². The summed E-state index contributed by atoms with van der Waals surface area (Å²) in [7, 11) is 0. The molecule has 2 aliphatic heterocycles. The smallest absolute Gasteiger partial charge is 0.334 e. The molecule has 1 saturated heterocycles. The summed E-state index contributed by atoms with van der Waals surface area (Å²) in [5.41, 5.74) is 0.601. The van der Waals surface area contributed by atoms with Crippen LogP contribution in [0.1, 0.15) is 155 Å². The van der Waals surface area contributed by atoms with Crippen molar-refractivity contribution in [1.29, 1.82) is 0 Å². The van der Waals surface area contributed by atoms with Crippen molar-refractivity contribution < 1.29 is 39.8 Å². The lowest BCUT2D eigenvalue weighted by Gasteiger charge is -2.24. The molecular formula is C35H64O8. The van der Waals surface area contributed by atoms with Gasteiger partial charge in [0.05, 0.1) is 42.7 Å². The van der Waals surface area contributed by atoms with Crippen LogP contribution in [0.25, 0.3) is 0 Å². The van der Waals surface area contributed by atoms with Crippen LogP contribution >= 0.6 is 0 Å². The summed E-state index contributed by atoms with van der Waals surface area (Å²) in [6, 6.07) is 0. The van der Waals surface area contributed by atoms with E-state index in [0.29, 0.717) is 50.5 Å². The third kappa shape index (κ3) is 16.2. The van der Waals surface area contributed by atoms with Crippen molar-refractivity contribution in [3.63, 3.8) is 0 Å². The number of unbranched alkanes of at least 4 members (excludes halogenated alkanes) is 12. The fourth-order valence-electron chi connectivity index (χ4n) is 6.42. The number of esters is 1. The van der Waals surface area contributed by atoms with Gasteiger partial charge in [-0.05, 0) is 57.9 Å². The van der Waals surface area contributed by atoms with Crippen molar-refractivity contribution in [2.24, 2.45) is 0 Å². The summed E-state index contributed by atoms with van der Waals surface area (Å²) < 4.78 is 11.1. The van der Waals surface area contributed by atoms with Gasteiger partial charge in [-0.3, -0.25) is 0 Å². The SMILES string of the molecule is CCCCCCCC[C@@H](O)[C@@H](O)CC[C@H](O)[C@@H]1CC[C@@H]([C@H](O)CCCCCCCCCC[C@H](O)CC2=C[C@H](C)OC2=O)O1. The van der Waals surface area contributed by atoms with Crippen LogP contribution in [0.5, 0.6) is 0 Å². The maximum atomic E-state index is 11.6. The molecule has 0 spiro atoms. The molecule has 0 unspecified atom stereocenters. The third-order valence-corrected chi connectivity index (χ3v) is 9.23. The molecule has 1 fully saturated rings. The van der Waals surface area contributed by atoms with Crippen LogP contribution < -0.4 is 0 Å². The Labute approximate surface area is 261 Å². The largest absolute Gasteiger partial charge is 0.455 e. The number of cyclic esters (lactones) is 1. The predicted molar refractivity (Wildman–Crippen MR) is 170 cm³/mol. The maximum Gasteiger partial charge on any atom is 0.334 e. The highest BCUT2D eigenvalue weighted by Gasteiger charge is 2.34. The first kappa shape index (κ1) is 38.2. The number of carbonyl (C=O) groups excluding carboxylic acids is 1. The van der Waals surface area contributed by atoms with Crippen LogP contribution in [-0.2, 0) is 14.3 Å². The zero-order valence-electron chi connectivity index (χ0n) is 27.2. The zero-order valence-corrected chi connectivity index (χ0v) is 27.2. The molecule has 252 valence electrons. The molecule has 8 atom stereocenters. The standard InChI is InChI=1S/C35H64O8/c1-3-4-5-6-12-15-18-29(37)30(38)20-21-32(40)34-23-22-33(43-34)31(39)19-16-13-10-8-7-9-11-14-17-28(36)25-27-24-26(2)42-35(27)41/h24,26,28-34,36-40H,3-23,25H2,1-2H3/t26-,28-,29+,30-,31+,32-,33-,34-/m0/s1. The predicted octanol–water partition coefficient (Wildman–Crippen LogP) is 6.03. The monoisotopic (exact) mass is 612 g/mol. The molecule has 0 aromatic carbocycles. The van der Waals surface area contributed by atoms with E-state index in [9.17, 15) is 30.3 Å². The van der Waals surface area contributed by atoms with Crippen LogP contribution in [0.3, 0.4) is 0 Å². The zero-order chi connectivity index (χ0) is 31.5. The van der Waals surface area contributed by atoms with Gasteiger partial charge in [-0.15, -0.1) is 0 Å². The molecule has 0 radical (unpaired) electrons. The average molecular weight is 613 g/mol. The summed E-state index contributed by atoms with van der Waals surface area (Å²) >= 11 is 0. The highest BCUT2D eigenvalue weighted by atomic mass is 16.5. The molecule has 43 heavy (non-hydrogen) atoms. The normalized spacial score (nSPS) is 24.0. The van der Waals surface area contributed by atoms with E-state index in [1.807, 2.05) is 6.92 Å². The van der Waals surface area contributed by atoms with E-state index in [0.717, 1.165) is 57.8 Å². The Morgan fingerprint density at radius 2 is 1.16 bits per heavy atom. The number of hydrogen-bond donors (Lipinski definition) is 5. The Balaban J connectivity index is 1.43. The number of ether oxygens (including phenoxy) is 2. The quantitative estimate of drug-likeness (QED) is 0.0590. The van der Waals surface area contributed by atoms with E-state index < -0.39 is 30.5 Å². The van der Waals surface area contributed by atoms with Gasteiger partial charge in [0.25, 0.3) is 0 Å². The van der Waals surface area contributed by atoms with Gasteiger partial charge in [-0.1, -0.05) is 96.8 Å². The first-order valence-electron chi connectivity index (χ1n) is 17.7. The Morgan fingerprint density at radius 1 is 0.674 bits per heavy atom. The summed E-state index contributed by atoms with van der Waals surface area (Å²) in [5, 5.41) is 52.0. The Bertz CT molecular complexity index is 758. The van der Waals surface area contributed by atoms with Crippen molar-refractivity contribution in [2.45, 2.75) is 204 Å². The van der Waals surface area contributed by atoms with Gasteiger partial charge in [0.15, 0.2) is 0 Å². The van der Waals surface area contributed by atoms with Gasteiger partial charge in [0, 0.05) is 12.0 Å². The minimum atomic E-state index is -0.821. The molecule has 2 rings (SSSR count). The number of rotatable bonds is 26. The number of aliphatic hydroxyl groups excluding tert-OH is 5. The molecule has 0 amide bonds. The van der Waals surface area contributed by atoms with Crippen LogP contribution in [-0.4, -0.2) is 80.3 Å². The average Bonchev–Trinajstić information content (AvgIpc) is 3.60. The molecule has 8 heteroatoms. The molecule has 0 aromatic rings. The van der Waals surface area contributed by atoms with Crippen molar-refractivity contribution in [1.82, 2.24) is 0 Å². The number of aliphatic hydroxyl groups is 5. The summed E-state index contributed by atoms with van der Waals surface area (Å²) in [5.74, 6) is -0.295. The van der Waals surface area contributed by atoms with Gasteiger partial charge < -0.3 is 35.0 Å². The highest BCUT2D eigenvalue weighted by molar-refractivity contribution is 5.90. The Hall–Kier alpha value is -1.03. The number of hydrogen-bond acceptors (Lipinski definition) is 8. The van der Waals surface area contributed by atoms with E-state index in [1.54, 1.807) is 6.08 Å². The molecule has 0 bridgehead atoms. The fourth-order valence-corrected chi connectivity index (χ4v) is 6.42. The molecule has 5 N–H and O–H groups in total. The Kier molecular flexibility index (Phi) is 19.9. The molecule has 8 nitrogen and oxygen atoms in total. The molecule has 0 saturated carbocycles. The summed E-state index contributed by atoms with van der Waals surface area (Å²) in [4.78, 5) is 11.6. The summed E-state index contributed by atoms with van der Waals surface area (Å²) in [6.45, 7) is 4.02.